The fourth-order valence-corrected chi connectivity index (χ4v) is 3.04. The summed E-state index contributed by atoms with van der Waals surface area (Å²) in [6, 6.07) is 7.80. The van der Waals surface area contributed by atoms with Crippen molar-refractivity contribution in [3.8, 4) is 0 Å². The first-order valence-corrected chi connectivity index (χ1v) is 7.89. The second-order valence-electron chi connectivity index (χ2n) is 6.61. The molecule has 22 heavy (non-hydrogen) atoms. The summed E-state index contributed by atoms with van der Waals surface area (Å²) in [4.78, 5) is 24.0. The summed E-state index contributed by atoms with van der Waals surface area (Å²) >= 11 is 0. The monoisotopic (exact) mass is 300 g/mol. The van der Waals surface area contributed by atoms with E-state index >= 15 is 0 Å². The number of hydrogen-bond donors (Lipinski definition) is 0. The third kappa shape index (κ3) is 4.06. The van der Waals surface area contributed by atoms with Crippen LogP contribution in [0.25, 0.3) is 6.08 Å². The Bertz CT molecular complexity index is 584. The van der Waals surface area contributed by atoms with Gasteiger partial charge in [0.25, 0.3) is 0 Å². The third-order valence-corrected chi connectivity index (χ3v) is 4.21. The highest BCUT2D eigenvalue weighted by Crippen LogP contribution is 2.41. The van der Waals surface area contributed by atoms with Crippen molar-refractivity contribution >= 4 is 17.8 Å². The van der Waals surface area contributed by atoms with Crippen molar-refractivity contribution in [2.24, 2.45) is 5.41 Å². The molecule has 0 amide bonds. The molecule has 0 heterocycles. The molecule has 3 nitrogen and oxygen atoms in total. The van der Waals surface area contributed by atoms with Gasteiger partial charge in [-0.2, -0.15) is 0 Å². The van der Waals surface area contributed by atoms with Crippen LogP contribution in [-0.2, 0) is 14.3 Å². The fourth-order valence-electron chi connectivity index (χ4n) is 3.04. The lowest BCUT2D eigenvalue weighted by molar-refractivity contribution is -0.137. The number of hydrogen-bond acceptors (Lipinski definition) is 3. The van der Waals surface area contributed by atoms with Crippen LogP contribution in [0, 0.1) is 5.41 Å². The van der Waals surface area contributed by atoms with Gasteiger partial charge in [-0.1, -0.05) is 38.1 Å². The molecule has 3 heteroatoms. The van der Waals surface area contributed by atoms with Gasteiger partial charge in [-0.15, -0.1) is 0 Å². The largest absolute Gasteiger partial charge is 0.463 e. The maximum atomic E-state index is 12.5. The molecule has 0 spiro atoms. The van der Waals surface area contributed by atoms with E-state index in [2.05, 4.69) is 13.8 Å². The molecule has 0 saturated heterocycles. The Hall–Kier alpha value is -1.90. The van der Waals surface area contributed by atoms with Gasteiger partial charge < -0.3 is 4.74 Å². The van der Waals surface area contributed by atoms with Crippen molar-refractivity contribution in [2.75, 3.05) is 6.61 Å². The van der Waals surface area contributed by atoms with Crippen LogP contribution in [0.15, 0.2) is 30.3 Å². The highest BCUT2D eigenvalue weighted by molar-refractivity contribution is 5.90. The highest BCUT2D eigenvalue weighted by Gasteiger charge is 2.34. The van der Waals surface area contributed by atoms with E-state index in [1.54, 1.807) is 13.0 Å². The lowest BCUT2D eigenvalue weighted by Crippen LogP contribution is -2.29. The Morgan fingerprint density at radius 1 is 1.36 bits per heavy atom. The number of benzene rings is 1. The lowest BCUT2D eigenvalue weighted by atomic mass is 9.70. The minimum Gasteiger partial charge on any atom is -0.463 e. The number of rotatable bonds is 4. The van der Waals surface area contributed by atoms with Crippen LogP contribution in [0.1, 0.15) is 57.1 Å². The van der Waals surface area contributed by atoms with Gasteiger partial charge in [0.05, 0.1) is 6.61 Å². The van der Waals surface area contributed by atoms with E-state index in [1.165, 1.54) is 6.08 Å². The van der Waals surface area contributed by atoms with Crippen molar-refractivity contribution < 1.29 is 14.3 Å². The number of ketones is 1. The van der Waals surface area contributed by atoms with Crippen molar-refractivity contribution in [1.82, 2.24) is 0 Å². The average molecular weight is 300 g/mol. The van der Waals surface area contributed by atoms with Crippen LogP contribution in [0.5, 0.6) is 0 Å². The SMILES string of the molecule is CCOC(=O)/C=C/c1ccccc1C1CCC(C)(C)CC1=O. The molecule has 0 bridgehead atoms. The molecular weight excluding hydrogens is 276 g/mol. The lowest BCUT2D eigenvalue weighted by Gasteiger charge is -2.33. The van der Waals surface area contributed by atoms with Crippen molar-refractivity contribution in [3.63, 3.8) is 0 Å². The molecule has 1 aromatic carbocycles. The van der Waals surface area contributed by atoms with E-state index in [0.717, 1.165) is 24.0 Å². The maximum absolute atomic E-state index is 12.5. The molecule has 1 aliphatic rings. The van der Waals surface area contributed by atoms with E-state index in [9.17, 15) is 9.59 Å². The van der Waals surface area contributed by atoms with Gasteiger partial charge in [-0.05, 0) is 42.4 Å². The zero-order valence-corrected chi connectivity index (χ0v) is 13.6. The summed E-state index contributed by atoms with van der Waals surface area (Å²) in [6.45, 7) is 6.44. The summed E-state index contributed by atoms with van der Waals surface area (Å²) in [5, 5.41) is 0. The molecule has 1 saturated carbocycles. The van der Waals surface area contributed by atoms with Crippen LogP contribution in [-0.4, -0.2) is 18.4 Å². The van der Waals surface area contributed by atoms with E-state index in [-0.39, 0.29) is 17.3 Å². The molecule has 1 atom stereocenters. The molecule has 1 aliphatic carbocycles. The average Bonchev–Trinajstić information content (AvgIpc) is 2.45. The summed E-state index contributed by atoms with van der Waals surface area (Å²) in [6.07, 6.45) is 5.71. The highest BCUT2D eigenvalue weighted by atomic mass is 16.5. The van der Waals surface area contributed by atoms with Crippen LogP contribution >= 0.6 is 0 Å². The van der Waals surface area contributed by atoms with Crippen molar-refractivity contribution in [2.45, 2.75) is 46.0 Å². The van der Waals surface area contributed by atoms with Gasteiger partial charge >= 0.3 is 5.97 Å². The van der Waals surface area contributed by atoms with Gasteiger partial charge in [-0.3, -0.25) is 4.79 Å². The number of carbonyl (C=O) groups excluding carboxylic acids is 2. The van der Waals surface area contributed by atoms with E-state index in [1.807, 2.05) is 24.3 Å². The molecule has 0 radical (unpaired) electrons. The molecule has 0 N–H and O–H groups in total. The predicted octanol–water partition coefficient (Wildman–Crippen LogP) is 4.13. The Labute approximate surface area is 132 Å². The number of Topliss-reactive ketones (excluding diaryl/α,β-unsaturated/α-hetero) is 1. The first-order valence-electron chi connectivity index (χ1n) is 7.89. The second-order valence-corrected chi connectivity index (χ2v) is 6.61. The quantitative estimate of drug-likeness (QED) is 0.620. The molecule has 2 rings (SSSR count). The van der Waals surface area contributed by atoms with Crippen LogP contribution in [0.2, 0.25) is 0 Å². The van der Waals surface area contributed by atoms with Gasteiger partial charge in [0.1, 0.15) is 5.78 Å². The Kier molecular flexibility index (Phi) is 5.17. The van der Waals surface area contributed by atoms with Crippen LogP contribution < -0.4 is 0 Å². The number of ether oxygens (including phenoxy) is 1. The fraction of sp³-hybridized carbons (Fsp3) is 0.474. The van der Waals surface area contributed by atoms with E-state index in [0.29, 0.717) is 18.8 Å². The van der Waals surface area contributed by atoms with Crippen molar-refractivity contribution in [1.29, 1.82) is 0 Å². The van der Waals surface area contributed by atoms with Crippen LogP contribution in [0.3, 0.4) is 0 Å². The third-order valence-electron chi connectivity index (χ3n) is 4.21. The molecule has 1 aromatic rings. The number of esters is 1. The second kappa shape index (κ2) is 6.91. The molecule has 118 valence electrons. The standard InChI is InChI=1S/C19H24O3/c1-4-22-18(21)10-9-14-7-5-6-8-15(14)16-11-12-19(2,3)13-17(16)20/h5-10,16H,4,11-13H2,1-3H3/b10-9+. The summed E-state index contributed by atoms with van der Waals surface area (Å²) < 4.78 is 4.90. The van der Waals surface area contributed by atoms with Crippen molar-refractivity contribution in [3.05, 3.63) is 41.5 Å². The van der Waals surface area contributed by atoms with E-state index in [4.69, 9.17) is 4.74 Å². The normalized spacial score (nSPS) is 21.0. The zero-order chi connectivity index (χ0) is 16.2. The maximum Gasteiger partial charge on any atom is 0.330 e. The predicted molar refractivity (Wildman–Crippen MR) is 87.5 cm³/mol. The van der Waals surface area contributed by atoms with Gasteiger partial charge in [0.2, 0.25) is 0 Å². The Morgan fingerprint density at radius 3 is 2.77 bits per heavy atom. The van der Waals surface area contributed by atoms with Crippen LogP contribution in [0.4, 0.5) is 0 Å². The minimum absolute atomic E-state index is 0.0592. The van der Waals surface area contributed by atoms with Gasteiger partial charge in [0, 0.05) is 18.4 Å². The van der Waals surface area contributed by atoms with Gasteiger partial charge in [0.15, 0.2) is 0 Å². The molecule has 0 aliphatic heterocycles. The zero-order valence-electron chi connectivity index (χ0n) is 13.6. The summed E-state index contributed by atoms with van der Waals surface area (Å²) in [5.41, 5.74) is 2.04. The molecule has 0 aromatic heterocycles. The number of carbonyl (C=O) groups is 2. The summed E-state index contributed by atoms with van der Waals surface area (Å²) in [5.74, 6) is -0.113. The molecular formula is C19H24O3. The molecule has 1 fully saturated rings. The smallest absolute Gasteiger partial charge is 0.330 e. The van der Waals surface area contributed by atoms with Gasteiger partial charge in [-0.25, -0.2) is 4.79 Å². The molecule has 1 unspecified atom stereocenters. The Balaban J connectivity index is 2.22. The van der Waals surface area contributed by atoms with E-state index < -0.39 is 0 Å². The summed E-state index contributed by atoms with van der Waals surface area (Å²) in [7, 11) is 0. The first kappa shape index (κ1) is 16.5. The Morgan fingerprint density at radius 2 is 2.09 bits per heavy atom. The topological polar surface area (TPSA) is 43.4 Å². The minimum atomic E-state index is -0.353. The first-order chi connectivity index (χ1) is 10.4.